The van der Waals surface area contributed by atoms with Gasteiger partial charge in [-0.15, -0.1) is 21.5 Å². The van der Waals surface area contributed by atoms with E-state index >= 15 is 0 Å². The zero-order valence-corrected chi connectivity index (χ0v) is 45.2. The molecule has 0 radical (unpaired) electrons. The molecule has 4 aromatic heterocycles. The number of β-amino-alcohol motifs (C(OH)–C–C–N with tert-alkyl or cyclic N) is 1. The second kappa shape index (κ2) is 20.8. The molecule has 4 aliphatic carbocycles. The molecule has 2 aromatic carbocycles. The predicted octanol–water partition coefficient (Wildman–Crippen LogP) is 7.86. The van der Waals surface area contributed by atoms with E-state index in [1.165, 1.54) is 4.90 Å². The maximum atomic E-state index is 14.2. The Hall–Kier alpha value is -7.27. The highest BCUT2D eigenvalue weighted by atomic mass is 32.1. The highest BCUT2D eigenvalue weighted by Gasteiger charge is 2.67. The van der Waals surface area contributed by atoms with Gasteiger partial charge in [0.05, 0.1) is 52.3 Å². The molecule has 6 aromatic rings. The Balaban J connectivity index is 0.572. The predicted molar refractivity (Wildman–Crippen MR) is 294 cm³/mol. The van der Waals surface area contributed by atoms with Crippen LogP contribution in [0.25, 0.3) is 21.7 Å². The van der Waals surface area contributed by atoms with Crippen LogP contribution in [0.2, 0.25) is 0 Å². The Morgan fingerprint density at radius 3 is 2.44 bits per heavy atom. The first kappa shape index (κ1) is 51.5. The van der Waals surface area contributed by atoms with Gasteiger partial charge in [0.2, 0.25) is 17.7 Å². The number of aromatic hydroxyl groups is 1. The van der Waals surface area contributed by atoms with E-state index in [0.29, 0.717) is 28.7 Å². The molecule has 6 atom stereocenters. The number of aromatic nitrogens is 5. The van der Waals surface area contributed by atoms with Crippen LogP contribution in [0.5, 0.6) is 17.5 Å². The van der Waals surface area contributed by atoms with Gasteiger partial charge >= 0.3 is 0 Å². The summed E-state index contributed by atoms with van der Waals surface area (Å²) in [5.41, 5.74) is 14.5. The lowest BCUT2D eigenvalue weighted by molar-refractivity contribution is -0.216. The summed E-state index contributed by atoms with van der Waals surface area (Å²) in [5.74, 6) is 6.85. The molecule has 5 N–H and O–H groups in total. The quantitative estimate of drug-likeness (QED) is 0.0638. The van der Waals surface area contributed by atoms with Gasteiger partial charge in [0.15, 0.2) is 18.2 Å². The number of benzene rings is 2. The van der Waals surface area contributed by atoms with Crippen molar-refractivity contribution in [3.05, 3.63) is 102 Å². The van der Waals surface area contributed by atoms with Crippen LogP contribution < -0.4 is 30.3 Å². The Bertz CT molecular complexity index is 3220. The number of carbonyl (C=O) groups excluding carboxylic acids is 2. The van der Waals surface area contributed by atoms with E-state index in [1.54, 1.807) is 29.5 Å². The van der Waals surface area contributed by atoms with Crippen LogP contribution in [0.15, 0.2) is 89.0 Å². The number of thiazole rings is 1. The molecular formula is C59H66N10O8S. The molecule has 7 fully saturated rings. The van der Waals surface area contributed by atoms with E-state index < -0.39 is 18.1 Å². The van der Waals surface area contributed by atoms with Crippen molar-refractivity contribution in [2.75, 3.05) is 48.4 Å². The number of amides is 2. The van der Waals surface area contributed by atoms with Gasteiger partial charge in [0.1, 0.15) is 23.8 Å². The number of phenols is 1. The van der Waals surface area contributed by atoms with Gasteiger partial charge in [-0.3, -0.25) is 9.59 Å². The largest absolute Gasteiger partial charge is 0.507 e. The Morgan fingerprint density at radius 1 is 0.936 bits per heavy atom. The van der Waals surface area contributed by atoms with Crippen LogP contribution in [-0.4, -0.2) is 122 Å². The van der Waals surface area contributed by atoms with Crippen LogP contribution >= 0.6 is 11.3 Å². The number of ether oxygens (including phenoxy) is 3. The maximum absolute atomic E-state index is 14.2. The molecule has 4 bridgehead atoms. The number of hydrogen-bond donors (Lipinski definition) is 4. The molecule has 3 saturated heterocycles. The minimum atomic E-state index is -0.838. The number of fused-ring (bicyclic) bond motifs is 2. The van der Waals surface area contributed by atoms with Gasteiger partial charge in [0.25, 0.3) is 5.88 Å². The Labute approximate surface area is 457 Å². The smallest absolute Gasteiger partial charge is 0.255 e. The summed E-state index contributed by atoms with van der Waals surface area (Å²) in [5, 5.41) is 36.9. The number of para-hydroxylation sites is 1. The van der Waals surface area contributed by atoms with Crippen molar-refractivity contribution in [1.29, 1.82) is 0 Å². The normalized spacial score (nSPS) is 26.5. The second-order valence-electron chi connectivity index (χ2n) is 22.9. The number of pyridine rings is 1. The van der Waals surface area contributed by atoms with Gasteiger partial charge < -0.3 is 54.7 Å². The highest BCUT2D eigenvalue weighted by molar-refractivity contribution is 7.13. The zero-order valence-electron chi connectivity index (χ0n) is 44.4. The molecular weight excluding hydrogens is 1010 g/mol. The number of nitrogens with two attached hydrogens (primary N) is 1. The van der Waals surface area contributed by atoms with E-state index in [1.807, 2.05) is 81.9 Å². The second-order valence-corrected chi connectivity index (χ2v) is 23.8. The first-order valence-electron chi connectivity index (χ1n) is 27.3. The third kappa shape index (κ3) is 10.1. The Kier molecular flexibility index (Phi) is 13.8. The summed E-state index contributed by atoms with van der Waals surface area (Å²) < 4.78 is 24.4. The fourth-order valence-electron chi connectivity index (χ4n) is 13.0. The number of nitrogens with one attached hydrogen (secondary N) is 1. The Morgan fingerprint density at radius 2 is 1.71 bits per heavy atom. The van der Waals surface area contributed by atoms with Crippen LogP contribution in [-0.2, 0) is 14.3 Å². The van der Waals surface area contributed by atoms with Crippen molar-refractivity contribution < 1.29 is 38.5 Å². The molecule has 2 unspecified atom stereocenters. The van der Waals surface area contributed by atoms with Crippen molar-refractivity contribution in [3.8, 4) is 51.0 Å². The molecule has 7 aliphatic rings. The van der Waals surface area contributed by atoms with Crippen LogP contribution in [0.1, 0.15) is 101 Å². The number of nitrogens with zero attached hydrogens (tertiary/aromatic N) is 8. The lowest BCUT2D eigenvalue weighted by atomic mass is 9.36. The summed E-state index contributed by atoms with van der Waals surface area (Å²) in [6.45, 7) is 10.2. The number of aliphatic hydroxyl groups excluding tert-OH is 1. The number of hydrogen-bond acceptors (Lipinski definition) is 17. The van der Waals surface area contributed by atoms with Gasteiger partial charge in [0, 0.05) is 86.0 Å². The van der Waals surface area contributed by atoms with Gasteiger partial charge in [-0.2, -0.15) is 0 Å². The average Bonchev–Trinajstić information content (AvgIpc) is 2.70. The molecule has 7 heterocycles. The van der Waals surface area contributed by atoms with E-state index in [0.717, 1.165) is 97.7 Å². The fourth-order valence-corrected chi connectivity index (χ4v) is 13.9. The molecule has 406 valence electrons. The highest BCUT2D eigenvalue weighted by Crippen LogP contribution is 2.73. The van der Waals surface area contributed by atoms with E-state index in [-0.39, 0.29) is 90.1 Å². The summed E-state index contributed by atoms with van der Waals surface area (Å²) in [6, 6.07) is 22.3. The number of piperazine rings is 1. The number of rotatable bonds is 17. The summed E-state index contributed by atoms with van der Waals surface area (Å²) in [7, 11) is 0. The first-order valence-corrected chi connectivity index (χ1v) is 28.2. The average molecular weight is 1080 g/mol. The SMILES string of the molecule is Cc1ncsc1-c1ccc([C@H](C)NC(=O)[C@@H]2C[C@@H](O)CN2C(=O)[C@@H](c2cc(OCC#CC34CC(COC5CC(Oc6cc(N7C8CCC7CN(c7cc(-c9ccccc9O)nnc7N)C8)ccn6)C5)(C3)C4)no2)C(C)C)cc1. The third-order valence-electron chi connectivity index (χ3n) is 17.0. The first-order chi connectivity index (χ1) is 37.7. The van der Waals surface area contributed by atoms with Gasteiger partial charge in [-0.05, 0) is 97.8 Å². The number of nitrogen functional groups attached to an aromatic ring is 1. The summed E-state index contributed by atoms with van der Waals surface area (Å²) >= 11 is 1.59. The molecule has 0 spiro atoms. The topological polar surface area (TPSA) is 228 Å². The lowest BCUT2D eigenvalue weighted by Gasteiger charge is -2.68. The maximum Gasteiger partial charge on any atom is 0.255 e. The van der Waals surface area contributed by atoms with E-state index in [4.69, 9.17) is 24.5 Å². The van der Waals surface area contributed by atoms with Gasteiger partial charge in [-0.1, -0.05) is 62.1 Å². The number of phenolic OH excluding ortho intramolecular Hbond substituents is 1. The summed E-state index contributed by atoms with van der Waals surface area (Å²) in [6.07, 6.45) is 8.20. The van der Waals surface area contributed by atoms with Crippen molar-refractivity contribution in [3.63, 3.8) is 0 Å². The number of anilines is 3. The van der Waals surface area contributed by atoms with Crippen molar-refractivity contribution in [2.45, 2.75) is 127 Å². The molecule has 4 saturated carbocycles. The number of likely N-dealkylation sites (tertiary alicyclic amines) is 1. The minimum absolute atomic E-state index is 0.00186. The van der Waals surface area contributed by atoms with E-state index in [9.17, 15) is 19.8 Å². The van der Waals surface area contributed by atoms with Crippen LogP contribution in [0, 0.1) is 35.5 Å². The van der Waals surface area contributed by atoms with E-state index in [2.05, 4.69) is 64.4 Å². The molecule has 3 aliphatic heterocycles. The molecule has 18 nitrogen and oxygen atoms in total. The standard InChI is InChI=1S/C59H66N10O8S/c1-34(2)53(57(73)68-28-42(70)21-48(68)56(72)63-35(3)37-10-12-38(13-11-37)54-36(4)62-33-78-54)50-25-52(66-77-50)74-19-7-17-58-29-59(30-58,31-58)32-75-43-22-44(23-43)76-51-20-39(16-18-61-51)69-40-14-15-41(69)27-67(26-40)47-24-46(64-65-55(47)60)45-8-5-6-9-49(45)71/h5-6,8-13,16,18,20,24-25,33-35,40-44,48,53,70-71H,14-15,19,21-23,26-32H2,1-4H3,(H2,60,65)(H,63,72)/t35-,40?,41?,42+,43?,44?,48-,53+,58?,59?/m0/s1. The molecule has 2 amide bonds. The third-order valence-corrected chi connectivity index (χ3v) is 17.9. The molecule has 78 heavy (non-hydrogen) atoms. The van der Waals surface area contributed by atoms with Crippen LogP contribution in [0.3, 0.4) is 0 Å². The number of carbonyl (C=O) groups is 2. The minimum Gasteiger partial charge on any atom is -0.507 e. The number of aryl methyl sites for hydroxylation is 1. The van der Waals surface area contributed by atoms with Crippen molar-refractivity contribution in [1.82, 2.24) is 35.5 Å². The summed E-state index contributed by atoms with van der Waals surface area (Å²) in [4.78, 5) is 44.3. The molecule has 13 rings (SSSR count). The van der Waals surface area contributed by atoms with Crippen molar-refractivity contribution >= 4 is 40.3 Å². The lowest BCUT2D eigenvalue weighted by Crippen LogP contribution is -2.63. The van der Waals surface area contributed by atoms with Gasteiger partial charge in [-0.25, -0.2) is 9.97 Å². The monoisotopic (exact) mass is 1070 g/mol. The fraction of sp³-hybridized carbons (Fsp3) is 0.475. The van der Waals surface area contributed by atoms with Crippen LogP contribution in [0.4, 0.5) is 17.2 Å². The zero-order chi connectivity index (χ0) is 53.9. The van der Waals surface area contributed by atoms with Crippen molar-refractivity contribution in [2.24, 2.45) is 16.7 Å². The number of aliphatic hydroxyl groups is 1. The molecule has 19 heteroatoms.